The maximum Gasteiger partial charge on any atom is 0.166 e. The molecule has 1 aromatic rings. The van der Waals surface area contributed by atoms with Crippen LogP contribution in [-0.4, -0.2) is 11.5 Å². The van der Waals surface area contributed by atoms with Crippen molar-refractivity contribution in [2.75, 3.05) is 12.3 Å². The van der Waals surface area contributed by atoms with E-state index in [2.05, 4.69) is 16.8 Å². The van der Waals surface area contributed by atoms with E-state index in [1.165, 1.54) is 12.3 Å². The number of aromatic nitrogens is 1. The number of halogens is 1. The zero-order chi connectivity index (χ0) is 9.68. The van der Waals surface area contributed by atoms with E-state index in [-0.39, 0.29) is 5.82 Å². The molecule has 1 rings (SSSR count). The summed E-state index contributed by atoms with van der Waals surface area (Å²) in [6, 6.07) is 1.26. The lowest BCUT2D eigenvalue weighted by Crippen LogP contribution is -1.96. The van der Waals surface area contributed by atoms with Gasteiger partial charge in [-0.1, -0.05) is 11.8 Å². The second kappa shape index (κ2) is 4.43. The lowest BCUT2D eigenvalue weighted by Gasteiger charge is -1.94. The molecule has 13 heavy (non-hydrogen) atoms. The Balaban J connectivity index is 2.81. The van der Waals surface area contributed by atoms with Gasteiger partial charge in [0.2, 0.25) is 0 Å². The lowest BCUT2D eigenvalue weighted by atomic mass is 10.2. The summed E-state index contributed by atoms with van der Waals surface area (Å²) in [6.45, 7) is 0.498. The molecule has 3 nitrogen and oxygen atoms in total. The Morgan fingerprint density at radius 3 is 2.92 bits per heavy atom. The molecule has 0 amide bonds. The average Bonchev–Trinajstić information content (AvgIpc) is 2.12. The van der Waals surface area contributed by atoms with Crippen LogP contribution in [-0.2, 0) is 0 Å². The summed E-state index contributed by atoms with van der Waals surface area (Å²) in [5, 5.41) is 0. The van der Waals surface area contributed by atoms with Crippen molar-refractivity contribution in [2.45, 2.75) is 6.42 Å². The van der Waals surface area contributed by atoms with Gasteiger partial charge in [-0.2, -0.15) is 0 Å². The molecule has 4 heteroatoms. The van der Waals surface area contributed by atoms with E-state index in [1.54, 1.807) is 0 Å². The van der Waals surface area contributed by atoms with E-state index in [0.29, 0.717) is 18.5 Å². The van der Waals surface area contributed by atoms with E-state index >= 15 is 0 Å². The maximum atomic E-state index is 12.8. The molecule has 0 aliphatic rings. The zero-order valence-electron chi connectivity index (χ0n) is 7.05. The highest BCUT2D eigenvalue weighted by Crippen LogP contribution is 2.06. The van der Waals surface area contributed by atoms with Gasteiger partial charge in [0, 0.05) is 24.7 Å². The van der Waals surface area contributed by atoms with Crippen LogP contribution in [0, 0.1) is 17.7 Å². The Labute approximate surface area is 76.0 Å². The third-order valence-corrected chi connectivity index (χ3v) is 1.37. The Morgan fingerprint density at radius 2 is 2.31 bits per heavy atom. The van der Waals surface area contributed by atoms with Gasteiger partial charge in [-0.25, -0.2) is 9.37 Å². The van der Waals surface area contributed by atoms with Crippen molar-refractivity contribution in [2.24, 2.45) is 5.73 Å². The molecule has 0 unspecified atom stereocenters. The summed E-state index contributed by atoms with van der Waals surface area (Å²) in [6.07, 6.45) is 2.02. The van der Waals surface area contributed by atoms with Gasteiger partial charge in [0.25, 0.3) is 0 Å². The molecule has 1 heterocycles. The third kappa shape index (κ3) is 2.73. The highest BCUT2D eigenvalue weighted by molar-refractivity contribution is 5.39. The van der Waals surface area contributed by atoms with Gasteiger partial charge in [0.1, 0.15) is 0 Å². The SMILES string of the molecule is NCCC#Cc1cnc(N)c(F)c1. The van der Waals surface area contributed by atoms with Gasteiger partial charge < -0.3 is 11.5 Å². The molecular formula is C9H10FN3. The molecule has 0 atom stereocenters. The Morgan fingerprint density at radius 1 is 1.54 bits per heavy atom. The first-order valence-electron chi connectivity index (χ1n) is 3.84. The van der Waals surface area contributed by atoms with Crippen LogP contribution in [0.5, 0.6) is 0 Å². The quantitative estimate of drug-likeness (QED) is 0.617. The highest BCUT2D eigenvalue weighted by atomic mass is 19.1. The minimum Gasteiger partial charge on any atom is -0.381 e. The number of pyridine rings is 1. The van der Waals surface area contributed by atoms with Crippen molar-refractivity contribution >= 4 is 5.82 Å². The molecular weight excluding hydrogens is 169 g/mol. The summed E-state index contributed by atoms with van der Waals surface area (Å²) in [4.78, 5) is 3.63. The van der Waals surface area contributed by atoms with Gasteiger partial charge in [0.15, 0.2) is 11.6 Å². The normalized spacial score (nSPS) is 9.08. The van der Waals surface area contributed by atoms with Crippen LogP contribution in [0.25, 0.3) is 0 Å². The van der Waals surface area contributed by atoms with Crippen molar-refractivity contribution in [1.29, 1.82) is 0 Å². The van der Waals surface area contributed by atoms with Gasteiger partial charge in [-0.15, -0.1) is 0 Å². The van der Waals surface area contributed by atoms with E-state index in [0.717, 1.165) is 0 Å². The largest absolute Gasteiger partial charge is 0.381 e. The first-order chi connectivity index (χ1) is 6.24. The Kier molecular flexibility index (Phi) is 3.23. The predicted octanol–water partition coefficient (Wildman–Crippen LogP) is 0.503. The molecule has 0 aromatic carbocycles. The second-order valence-electron chi connectivity index (χ2n) is 2.43. The molecule has 4 N–H and O–H groups in total. The van der Waals surface area contributed by atoms with Crippen LogP contribution >= 0.6 is 0 Å². The van der Waals surface area contributed by atoms with Crippen LogP contribution in [0.15, 0.2) is 12.3 Å². The minimum absolute atomic E-state index is 0.107. The number of nitrogen functional groups attached to an aromatic ring is 1. The third-order valence-electron chi connectivity index (χ3n) is 1.37. The number of hydrogen-bond donors (Lipinski definition) is 2. The molecule has 0 saturated carbocycles. The molecule has 0 radical (unpaired) electrons. The van der Waals surface area contributed by atoms with Gasteiger partial charge in [-0.05, 0) is 6.07 Å². The minimum atomic E-state index is -0.542. The summed E-state index contributed by atoms with van der Waals surface area (Å²) < 4.78 is 12.8. The van der Waals surface area contributed by atoms with Gasteiger partial charge in [-0.3, -0.25) is 0 Å². The van der Waals surface area contributed by atoms with E-state index < -0.39 is 5.82 Å². The first kappa shape index (κ1) is 9.49. The molecule has 1 aromatic heterocycles. The fraction of sp³-hybridized carbons (Fsp3) is 0.222. The Hall–Kier alpha value is -1.60. The van der Waals surface area contributed by atoms with Gasteiger partial charge in [0.05, 0.1) is 0 Å². The molecule has 0 bridgehead atoms. The van der Waals surface area contributed by atoms with Crippen LogP contribution in [0.1, 0.15) is 12.0 Å². The van der Waals surface area contributed by atoms with E-state index in [9.17, 15) is 4.39 Å². The van der Waals surface area contributed by atoms with Gasteiger partial charge >= 0.3 is 0 Å². The molecule has 0 spiro atoms. The van der Waals surface area contributed by atoms with E-state index in [1.807, 2.05) is 0 Å². The topological polar surface area (TPSA) is 64.9 Å². The van der Waals surface area contributed by atoms with Crippen molar-refractivity contribution in [3.63, 3.8) is 0 Å². The van der Waals surface area contributed by atoms with Crippen LogP contribution in [0.4, 0.5) is 10.2 Å². The number of nitrogens with zero attached hydrogens (tertiary/aromatic N) is 1. The summed E-state index contributed by atoms with van der Waals surface area (Å²) in [5.74, 6) is 4.85. The van der Waals surface area contributed by atoms with Crippen molar-refractivity contribution in [3.05, 3.63) is 23.6 Å². The average molecular weight is 179 g/mol. The summed E-state index contributed by atoms with van der Waals surface area (Å²) >= 11 is 0. The van der Waals surface area contributed by atoms with Crippen molar-refractivity contribution < 1.29 is 4.39 Å². The molecule has 0 aliphatic heterocycles. The first-order valence-corrected chi connectivity index (χ1v) is 3.84. The lowest BCUT2D eigenvalue weighted by molar-refractivity contribution is 0.626. The maximum absolute atomic E-state index is 12.8. The number of nitrogens with two attached hydrogens (primary N) is 2. The highest BCUT2D eigenvalue weighted by Gasteiger charge is 1.98. The molecule has 0 saturated heterocycles. The van der Waals surface area contributed by atoms with Crippen molar-refractivity contribution in [3.8, 4) is 11.8 Å². The van der Waals surface area contributed by atoms with Crippen molar-refractivity contribution in [1.82, 2.24) is 4.98 Å². The van der Waals surface area contributed by atoms with Crippen LogP contribution < -0.4 is 11.5 Å². The number of hydrogen-bond acceptors (Lipinski definition) is 3. The number of rotatable bonds is 1. The molecule has 68 valence electrons. The monoisotopic (exact) mass is 179 g/mol. The summed E-state index contributed by atoms with van der Waals surface area (Å²) in [5.41, 5.74) is 10.9. The molecule has 0 aliphatic carbocycles. The fourth-order valence-corrected chi connectivity index (χ4v) is 0.754. The standard InChI is InChI=1S/C9H10FN3/c10-8-5-7(3-1-2-4-11)6-13-9(8)12/h5-6H,2,4,11H2,(H2,12,13). The van der Waals surface area contributed by atoms with Crippen LogP contribution in [0.2, 0.25) is 0 Å². The fourth-order valence-electron chi connectivity index (χ4n) is 0.754. The zero-order valence-corrected chi connectivity index (χ0v) is 7.05. The smallest absolute Gasteiger partial charge is 0.166 e. The van der Waals surface area contributed by atoms with Crippen LogP contribution in [0.3, 0.4) is 0 Å². The van der Waals surface area contributed by atoms with E-state index in [4.69, 9.17) is 11.5 Å². The Bertz CT molecular complexity index is 352. The summed E-state index contributed by atoms with van der Waals surface area (Å²) in [7, 11) is 0. The molecule has 0 fully saturated rings. The predicted molar refractivity (Wildman–Crippen MR) is 49.2 cm³/mol. The second-order valence-corrected chi connectivity index (χ2v) is 2.43. The number of anilines is 1.